The van der Waals surface area contributed by atoms with Crippen molar-refractivity contribution in [1.29, 1.82) is 0 Å². The lowest BCUT2D eigenvalue weighted by molar-refractivity contribution is 0.102. The molecule has 110 valence electrons. The smallest absolute Gasteiger partial charge is 0.257 e. The standard InChI is InChI=1S/C16H15Cl2NO2/c1-2-9-21-15-6-4-3-5-14(15)19-16(20)12-10-11(17)7-8-13(12)18/h3-8,10H,2,9H2,1H3,(H,19,20). The maximum atomic E-state index is 12.3. The van der Waals surface area contributed by atoms with Gasteiger partial charge >= 0.3 is 0 Å². The topological polar surface area (TPSA) is 38.3 Å². The zero-order valence-corrected chi connectivity index (χ0v) is 13.0. The Balaban J connectivity index is 2.21. The predicted octanol–water partition coefficient (Wildman–Crippen LogP) is 5.03. The molecule has 0 saturated carbocycles. The molecule has 0 aliphatic rings. The molecule has 0 aromatic heterocycles. The van der Waals surface area contributed by atoms with Crippen molar-refractivity contribution in [3.8, 4) is 5.75 Å². The molecular weight excluding hydrogens is 309 g/mol. The molecule has 0 atom stereocenters. The van der Waals surface area contributed by atoms with E-state index in [1.807, 2.05) is 25.1 Å². The third-order valence-corrected chi connectivity index (χ3v) is 3.33. The molecule has 0 aliphatic carbocycles. The van der Waals surface area contributed by atoms with E-state index in [0.29, 0.717) is 33.7 Å². The van der Waals surface area contributed by atoms with Crippen molar-refractivity contribution < 1.29 is 9.53 Å². The second-order valence-corrected chi connectivity index (χ2v) is 5.27. The molecule has 2 aromatic carbocycles. The summed E-state index contributed by atoms with van der Waals surface area (Å²) in [6.07, 6.45) is 0.891. The SMILES string of the molecule is CCCOc1ccccc1NC(=O)c1cc(Cl)ccc1Cl. The van der Waals surface area contributed by atoms with Crippen LogP contribution in [0.4, 0.5) is 5.69 Å². The quantitative estimate of drug-likeness (QED) is 0.837. The van der Waals surface area contributed by atoms with Crippen LogP contribution in [-0.2, 0) is 0 Å². The van der Waals surface area contributed by atoms with Gasteiger partial charge in [0.1, 0.15) is 5.75 Å². The van der Waals surface area contributed by atoms with Gasteiger partial charge in [-0.1, -0.05) is 42.3 Å². The van der Waals surface area contributed by atoms with Gasteiger partial charge in [0.25, 0.3) is 5.91 Å². The van der Waals surface area contributed by atoms with Crippen molar-refractivity contribution in [3.05, 3.63) is 58.1 Å². The summed E-state index contributed by atoms with van der Waals surface area (Å²) in [6.45, 7) is 2.61. The van der Waals surface area contributed by atoms with Crippen LogP contribution in [0.3, 0.4) is 0 Å². The minimum absolute atomic E-state index is 0.324. The number of anilines is 1. The molecule has 2 rings (SSSR count). The van der Waals surface area contributed by atoms with Gasteiger partial charge in [0, 0.05) is 5.02 Å². The summed E-state index contributed by atoms with van der Waals surface area (Å²) in [4.78, 5) is 12.3. The lowest BCUT2D eigenvalue weighted by atomic mass is 10.2. The molecule has 21 heavy (non-hydrogen) atoms. The van der Waals surface area contributed by atoms with E-state index in [0.717, 1.165) is 6.42 Å². The Morgan fingerprint density at radius 2 is 1.95 bits per heavy atom. The highest BCUT2D eigenvalue weighted by molar-refractivity contribution is 6.36. The van der Waals surface area contributed by atoms with Gasteiger partial charge in [0.05, 0.1) is 22.9 Å². The van der Waals surface area contributed by atoms with Crippen LogP contribution in [0.1, 0.15) is 23.7 Å². The highest BCUT2D eigenvalue weighted by atomic mass is 35.5. The van der Waals surface area contributed by atoms with Crippen molar-refractivity contribution in [2.24, 2.45) is 0 Å². The molecule has 0 heterocycles. The number of halogens is 2. The van der Waals surface area contributed by atoms with E-state index in [9.17, 15) is 4.79 Å². The van der Waals surface area contributed by atoms with Gasteiger partial charge in [-0.2, -0.15) is 0 Å². The molecule has 1 N–H and O–H groups in total. The number of hydrogen-bond donors (Lipinski definition) is 1. The fourth-order valence-electron chi connectivity index (χ4n) is 1.77. The second kappa shape index (κ2) is 7.34. The van der Waals surface area contributed by atoms with Crippen molar-refractivity contribution in [3.63, 3.8) is 0 Å². The molecule has 0 aliphatic heterocycles. The van der Waals surface area contributed by atoms with E-state index in [1.54, 1.807) is 18.2 Å². The molecule has 0 unspecified atom stereocenters. The van der Waals surface area contributed by atoms with Crippen LogP contribution in [0.15, 0.2) is 42.5 Å². The number of ether oxygens (including phenoxy) is 1. The number of nitrogens with one attached hydrogen (secondary N) is 1. The van der Waals surface area contributed by atoms with E-state index in [-0.39, 0.29) is 5.91 Å². The molecule has 0 bridgehead atoms. The Morgan fingerprint density at radius 3 is 2.71 bits per heavy atom. The van der Waals surface area contributed by atoms with E-state index >= 15 is 0 Å². The number of para-hydroxylation sites is 2. The minimum Gasteiger partial charge on any atom is -0.491 e. The van der Waals surface area contributed by atoms with Gasteiger partial charge < -0.3 is 10.1 Å². The Labute approximate surface area is 133 Å². The monoisotopic (exact) mass is 323 g/mol. The van der Waals surface area contributed by atoms with Crippen LogP contribution in [0.2, 0.25) is 10.0 Å². The fraction of sp³-hybridized carbons (Fsp3) is 0.188. The molecule has 0 radical (unpaired) electrons. The van der Waals surface area contributed by atoms with Crippen LogP contribution in [0.5, 0.6) is 5.75 Å². The maximum absolute atomic E-state index is 12.3. The van der Waals surface area contributed by atoms with Crippen molar-refractivity contribution in [2.75, 3.05) is 11.9 Å². The van der Waals surface area contributed by atoms with Gasteiger partial charge in [-0.3, -0.25) is 4.79 Å². The number of amides is 1. The summed E-state index contributed by atoms with van der Waals surface area (Å²) in [5.74, 6) is 0.306. The molecule has 5 heteroatoms. The van der Waals surface area contributed by atoms with Crippen LogP contribution in [0.25, 0.3) is 0 Å². The normalized spacial score (nSPS) is 10.2. The van der Waals surface area contributed by atoms with Crippen LogP contribution in [0, 0.1) is 0 Å². The van der Waals surface area contributed by atoms with Crippen molar-refractivity contribution in [2.45, 2.75) is 13.3 Å². The number of carbonyl (C=O) groups excluding carboxylic acids is 1. The first-order chi connectivity index (χ1) is 10.1. The largest absolute Gasteiger partial charge is 0.491 e. The lowest BCUT2D eigenvalue weighted by Gasteiger charge is -2.12. The van der Waals surface area contributed by atoms with Gasteiger partial charge in [0.15, 0.2) is 0 Å². The molecule has 2 aromatic rings. The average Bonchev–Trinajstić information content (AvgIpc) is 2.48. The average molecular weight is 324 g/mol. The maximum Gasteiger partial charge on any atom is 0.257 e. The van der Waals surface area contributed by atoms with Gasteiger partial charge in [-0.05, 0) is 36.8 Å². The molecule has 0 spiro atoms. The zero-order valence-electron chi connectivity index (χ0n) is 11.5. The third kappa shape index (κ3) is 4.13. The number of carbonyl (C=O) groups is 1. The van der Waals surface area contributed by atoms with Gasteiger partial charge in [-0.15, -0.1) is 0 Å². The highest BCUT2D eigenvalue weighted by Crippen LogP contribution is 2.26. The van der Waals surface area contributed by atoms with E-state index in [4.69, 9.17) is 27.9 Å². The first-order valence-corrected chi connectivity index (χ1v) is 7.35. The summed E-state index contributed by atoms with van der Waals surface area (Å²) in [6, 6.07) is 12.0. The predicted molar refractivity (Wildman–Crippen MR) is 86.6 cm³/mol. The van der Waals surface area contributed by atoms with Crippen LogP contribution >= 0.6 is 23.2 Å². The number of hydrogen-bond acceptors (Lipinski definition) is 2. The minimum atomic E-state index is -0.324. The Hall–Kier alpha value is -1.71. The summed E-state index contributed by atoms with van der Waals surface area (Å²) >= 11 is 11.9. The van der Waals surface area contributed by atoms with Crippen molar-refractivity contribution in [1.82, 2.24) is 0 Å². The molecule has 3 nitrogen and oxygen atoms in total. The van der Waals surface area contributed by atoms with E-state index < -0.39 is 0 Å². The second-order valence-electron chi connectivity index (χ2n) is 4.42. The fourth-order valence-corrected chi connectivity index (χ4v) is 2.14. The summed E-state index contributed by atoms with van der Waals surface area (Å²) in [7, 11) is 0. The van der Waals surface area contributed by atoms with Crippen LogP contribution < -0.4 is 10.1 Å². The first-order valence-electron chi connectivity index (χ1n) is 6.60. The van der Waals surface area contributed by atoms with Gasteiger partial charge in [-0.25, -0.2) is 0 Å². The summed E-state index contributed by atoms with van der Waals surface area (Å²) < 4.78 is 5.60. The first kappa shape index (κ1) is 15.7. The molecule has 0 saturated heterocycles. The zero-order chi connectivity index (χ0) is 15.2. The van der Waals surface area contributed by atoms with E-state index in [1.165, 1.54) is 6.07 Å². The Kier molecular flexibility index (Phi) is 5.48. The molecule has 1 amide bonds. The Morgan fingerprint density at radius 1 is 1.19 bits per heavy atom. The van der Waals surface area contributed by atoms with Crippen molar-refractivity contribution >= 4 is 34.8 Å². The molecule has 0 fully saturated rings. The summed E-state index contributed by atoms with van der Waals surface area (Å²) in [5, 5.41) is 3.61. The number of benzene rings is 2. The molecular formula is C16H15Cl2NO2. The van der Waals surface area contributed by atoms with E-state index in [2.05, 4.69) is 5.32 Å². The Bertz CT molecular complexity index is 644. The number of rotatable bonds is 5. The third-order valence-electron chi connectivity index (χ3n) is 2.77. The van der Waals surface area contributed by atoms with Gasteiger partial charge in [0.2, 0.25) is 0 Å². The lowest BCUT2D eigenvalue weighted by Crippen LogP contribution is -2.13. The highest BCUT2D eigenvalue weighted by Gasteiger charge is 2.13. The summed E-state index contributed by atoms with van der Waals surface area (Å²) in [5.41, 5.74) is 0.932. The van der Waals surface area contributed by atoms with Crippen LogP contribution in [-0.4, -0.2) is 12.5 Å².